The molecule has 0 atom stereocenters. The summed E-state index contributed by atoms with van der Waals surface area (Å²) in [5.41, 5.74) is 1.83. The summed E-state index contributed by atoms with van der Waals surface area (Å²) in [6, 6.07) is 7.04. The van der Waals surface area contributed by atoms with Crippen LogP contribution in [0.15, 0.2) is 24.3 Å². The quantitative estimate of drug-likeness (QED) is 0.401. The highest BCUT2D eigenvalue weighted by molar-refractivity contribution is 6.26. The molecule has 1 aliphatic carbocycles. The van der Waals surface area contributed by atoms with E-state index < -0.39 is 0 Å². The predicted molar refractivity (Wildman–Crippen MR) is 104 cm³/mol. The molecular formula is C22H30N3O2+. The molecule has 5 heteroatoms. The molecule has 0 N–H and O–H groups in total. The molecule has 0 fully saturated rings. The largest absolute Gasteiger partial charge is 0.284 e. The molecule has 1 heterocycles. The molecule has 2 aromatic rings. The van der Waals surface area contributed by atoms with Gasteiger partial charge in [-0.25, -0.2) is 0 Å². The molecule has 5 nitrogen and oxygen atoms in total. The second-order valence-corrected chi connectivity index (χ2v) is 7.47. The van der Waals surface area contributed by atoms with Crippen molar-refractivity contribution in [2.24, 2.45) is 7.05 Å². The smallest absolute Gasteiger partial charge is 0.249 e. The molecule has 0 radical (unpaired) electrons. The van der Waals surface area contributed by atoms with E-state index in [1.54, 1.807) is 40.7 Å². The lowest BCUT2D eigenvalue weighted by atomic mass is 9.90. The average Bonchev–Trinajstić information content (AvgIpc) is 3.01. The summed E-state index contributed by atoms with van der Waals surface area (Å²) in [5, 5.41) is 4.44. The van der Waals surface area contributed by atoms with Crippen LogP contribution < -0.4 is 4.68 Å². The van der Waals surface area contributed by atoms with Crippen LogP contribution in [0.1, 0.15) is 96.8 Å². The highest BCUT2D eigenvalue weighted by atomic mass is 16.1. The second kappa shape index (κ2) is 9.07. The van der Waals surface area contributed by atoms with Crippen molar-refractivity contribution in [3.05, 3.63) is 46.8 Å². The molecule has 1 aliphatic rings. The number of fused-ring (bicyclic) bond motifs is 2. The Balaban J connectivity index is 1.58. The van der Waals surface area contributed by atoms with E-state index in [1.165, 1.54) is 44.9 Å². The van der Waals surface area contributed by atoms with E-state index in [-0.39, 0.29) is 11.6 Å². The zero-order chi connectivity index (χ0) is 19.2. The maximum absolute atomic E-state index is 12.9. The van der Waals surface area contributed by atoms with Gasteiger partial charge in [-0.2, -0.15) is 0 Å². The van der Waals surface area contributed by atoms with Crippen LogP contribution in [-0.4, -0.2) is 21.5 Å². The maximum atomic E-state index is 12.9. The summed E-state index contributed by atoms with van der Waals surface area (Å²) >= 11 is 0. The summed E-state index contributed by atoms with van der Waals surface area (Å²) in [6.07, 6.45) is 11.2. The Labute approximate surface area is 161 Å². The number of aryl methyl sites for hydroxylation is 2. The zero-order valence-corrected chi connectivity index (χ0v) is 16.5. The molecule has 27 heavy (non-hydrogen) atoms. The number of nitrogens with zero attached hydrogens (tertiary/aromatic N) is 3. The first-order valence-corrected chi connectivity index (χ1v) is 10.3. The van der Waals surface area contributed by atoms with Crippen LogP contribution in [0.5, 0.6) is 0 Å². The lowest BCUT2D eigenvalue weighted by Crippen LogP contribution is -2.39. The SMILES string of the molecule is CCCCCCCCCCCn1n[n+](C)c2c1C(=O)c1ccccc1C2=O. The number of aromatic nitrogens is 3. The summed E-state index contributed by atoms with van der Waals surface area (Å²) in [7, 11) is 1.74. The van der Waals surface area contributed by atoms with Gasteiger partial charge in [-0.3, -0.25) is 9.59 Å². The molecule has 0 saturated heterocycles. The van der Waals surface area contributed by atoms with Gasteiger partial charge in [-0.15, -0.1) is 9.36 Å². The van der Waals surface area contributed by atoms with E-state index in [0.29, 0.717) is 29.1 Å². The number of unbranched alkanes of at least 4 members (excludes halogenated alkanes) is 8. The van der Waals surface area contributed by atoms with Gasteiger partial charge in [0.15, 0.2) is 0 Å². The van der Waals surface area contributed by atoms with E-state index in [0.717, 1.165) is 12.8 Å². The van der Waals surface area contributed by atoms with Gasteiger partial charge in [-0.1, -0.05) is 76.1 Å². The van der Waals surface area contributed by atoms with Gasteiger partial charge in [0.25, 0.3) is 0 Å². The Morgan fingerprint density at radius 1 is 0.852 bits per heavy atom. The number of carbonyl (C=O) groups is 2. The molecule has 0 amide bonds. The van der Waals surface area contributed by atoms with Crippen molar-refractivity contribution in [2.45, 2.75) is 71.3 Å². The molecule has 0 bridgehead atoms. The fraction of sp³-hybridized carbons (Fsp3) is 0.545. The van der Waals surface area contributed by atoms with Gasteiger partial charge >= 0.3 is 0 Å². The summed E-state index contributed by atoms with van der Waals surface area (Å²) in [6.45, 7) is 2.92. The van der Waals surface area contributed by atoms with Crippen molar-refractivity contribution < 1.29 is 14.3 Å². The Hall–Kier alpha value is -2.30. The third-order valence-corrected chi connectivity index (χ3v) is 5.37. The number of ketones is 2. The minimum atomic E-state index is -0.110. The van der Waals surface area contributed by atoms with E-state index in [2.05, 4.69) is 12.1 Å². The Bertz CT molecular complexity index is 823. The predicted octanol–water partition coefficient (Wildman–Crippen LogP) is 4.01. The first-order valence-electron chi connectivity index (χ1n) is 10.3. The monoisotopic (exact) mass is 368 g/mol. The second-order valence-electron chi connectivity index (χ2n) is 7.47. The van der Waals surface area contributed by atoms with Crippen LogP contribution in [0.3, 0.4) is 0 Å². The number of hydrogen-bond donors (Lipinski definition) is 0. The highest BCUT2D eigenvalue weighted by Crippen LogP contribution is 2.25. The Morgan fingerprint density at radius 3 is 2.04 bits per heavy atom. The lowest BCUT2D eigenvalue weighted by Gasteiger charge is -2.11. The minimum Gasteiger partial charge on any atom is -0.284 e. The van der Waals surface area contributed by atoms with Gasteiger partial charge in [-0.05, 0) is 12.8 Å². The number of rotatable bonds is 10. The van der Waals surface area contributed by atoms with Crippen LogP contribution >= 0.6 is 0 Å². The van der Waals surface area contributed by atoms with Gasteiger partial charge in [0.05, 0.1) is 5.21 Å². The van der Waals surface area contributed by atoms with E-state index in [9.17, 15) is 9.59 Å². The van der Waals surface area contributed by atoms with E-state index in [4.69, 9.17) is 0 Å². The van der Waals surface area contributed by atoms with Crippen LogP contribution in [-0.2, 0) is 13.6 Å². The van der Waals surface area contributed by atoms with Crippen molar-refractivity contribution in [3.8, 4) is 0 Å². The van der Waals surface area contributed by atoms with Gasteiger partial charge in [0, 0.05) is 11.1 Å². The first kappa shape index (κ1) is 19.5. The highest BCUT2D eigenvalue weighted by Gasteiger charge is 2.41. The third kappa shape index (κ3) is 4.18. The van der Waals surface area contributed by atoms with Gasteiger partial charge in [0.1, 0.15) is 13.6 Å². The fourth-order valence-corrected chi connectivity index (χ4v) is 3.87. The van der Waals surface area contributed by atoms with Gasteiger partial charge in [0.2, 0.25) is 23.0 Å². The van der Waals surface area contributed by atoms with Gasteiger partial charge < -0.3 is 0 Å². The molecule has 0 unspecified atom stereocenters. The zero-order valence-electron chi connectivity index (χ0n) is 16.5. The molecular weight excluding hydrogens is 338 g/mol. The molecule has 144 valence electrons. The normalized spacial score (nSPS) is 13.0. The van der Waals surface area contributed by atoms with Crippen molar-refractivity contribution in [1.82, 2.24) is 9.90 Å². The van der Waals surface area contributed by atoms with Crippen LogP contribution in [0.25, 0.3) is 0 Å². The average molecular weight is 369 g/mol. The summed E-state index contributed by atoms with van der Waals surface area (Å²) in [4.78, 5) is 25.7. The lowest BCUT2D eigenvalue weighted by molar-refractivity contribution is -0.733. The van der Waals surface area contributed by atoms with Crippen LogP contribution in [0.4, 0.5) is 0 Å². The topological polar surface area (TPSA) is 55.8 Å². The number of benzene rings is 1. The van der Waals surface area contributed by atoms with Crippen molar-refractivity contribution in [3.63, 3.8) is 0 Å². The Morgan fingerprint density at radius 2 is 1.41 bits per heavy atom. The van der Waals surface area contributed by atoms with Crippen molar-refractivity contribution in [2.75, 3.05) is 0 Å². The molecule has 1 aromatic carbocycles. The standard InChI is InChI=1S/C22H30N3O2/c1-3-4-5-6-7-8-9-10-13-16-25-20-19(24(2)23-25)21(26)17-14-11-12-15-18(17)22(20)27/h11-12,14-15H,3-10,13,16H2,1-2H3/q+1. The molecule has 3 rings (SSSR count). The maximum Gasteiger partial charge on any atom is 0.249 e. The molecule has 0 aliphatic heterocycles. The summed E-state index contributed by atoms with van der Waals surface area (Å²) < 4.78 is 3.28. The molecule has 0 saturated carbocycles. The van der Waals surface area contributed by atoms with Crippen molar-refractivity contribution >= 4 is 11.6 Å². The minimum absolute atomic E-state index is 0.0933. The first-order chi connectivity index (χ1) is 13.1. The summed E-state index contributed by atoms with van der Waals surface area (Å²) in [5.74, 6) is -0.203. The number of carbonyl (C=O) groups excluding carboxylic acids is 2. The van der Waals surface area contributed by atoms with Crippen LogP contribution in [0.2, 0.25) is 0 Å². The van der Waals surface area contributed by atoms with E-state index >= 15 is 0 Å². The third-order valence-electron chi connectivity index (χ3n) is 5.37. The molecule has 0 spiro atoms. The number of hydrogen-bond acceptors (Lipinski definition) is 3. The fourth-order valence-electron chi connectivity index (χ4n) is 3.87. The Kier molecular flexibility index (Phi) is 6.54. The van der Waals surface area contributed by atoms with E-state index in [1.807, 2.05) is 0 Å². The molecule has 1 aromatic heterocycles. The van der Waals surface area contributed by atoms with Crippen LogP contribution in [0, 0.1) is 0 Å². The van der Waals surface area contributed by atoms with Crippen molar-refractivity contribution in [1.29, 1.82) is 0 Å².